The number of benzene rings is 4. The van der Waals surface area contributed by atoms with Crippen molar-refractivity contribution in [1.82, 2.24) is 10.5 Å². The summed E-state index contributed by atoms with van der Waals surface area (Å²) < 4.78 is 0. The second-order valence-corrected chi connectivity index (χ2v) is 10.8. The first kappa shape index (κ1) is 28.2. The lowest BCUT2D eigenvalue weighted by molar-refractivity contribution is -0.112. The first-order valence-electron chi connectivity index (χ1n) is 13.1. The van der Waals surface area contributed by atoms with Crippen molar-refractivity contribution in [3.05, 3.63) is 131 Å². The van der Waals surface area contributed by atoms with Crippen molar-refractivity contribution in [2.45, 2.75) is 24.4 Å². The third kappa shape index (κ3) is 7.07. The fraction of sp³-hybridized carbons (Fsp3) is 0.125. The van der Waals surface area contributed by atoms with E-state index in [-0.39, 0.29) is 11.5 Å². The summed E-state index contributed by atoms with van der Waals surface area (Å²) in [6.07, 6.45) is 0.782. The number of aromatic carboxylic acids is 1. The van der Waals surface area contributed by atoms with E-state index in [1.165, 1.54) is 10.6 Å². The van der Waals surface area contributed by atoms with Gasteiger partial charge in [-0.1, -0.05) is 85.0 Å². The first-order chi connectivity index (χ1) is 20.0. The van der Waals surface area contributed by atoms with Gasteiger partial charge in [-0.3, -0.25) is 4.79 Å². The Labute approximate surface area is 248 Å². The summed E-state index contributed by atoms with van der Waals surface area (Å²) in [7, 11) is 0. The monoisotopic (exact) mass is 580 g/mol. The minimum atomic E-state index is -0.931. The molecule has 7 nitrogen and oxygen atoms in total. The maximum absolute atomic E-state index is 13.7. The smallest absolute Gasteiger partial charge is 0.335 e. The molecule has 5 rings (SSSR count). The lowest BCUT2D eigenvalue weighted by Gasteiger charge is -2.17. The van der Waals surface area contributed by atoms with Gasteiger partial charge in [-0.25, -0.2) is 10.2 Å². The number of rotatable bonds is 12. The molecule has 0 radical (unpaired) electrons. The Morgan fingerprint density at radius 2 is 1.61 bits per heavy atom. The van der Waals surface area contributed by atoms with Gasteiger partial charge < -0.3 is 10.0 Å². The van der Waals surface area contributed by atoms with Crippen LogP contribution < -0.4 is 10.3 Å². The van der Waals surface area contributed by atoms with Crippen molar-refractivity contribution in [2.24, 2.45) is 5.10 Å². The minimum absolute atomic E-state index is 0.187. The summed E-state index contributed by atoms with van der Waals surface area (Å²) in [5.41, 5.74) is 9.88. The van der Waals surface area contributed by atoms with E-state index in [4.69, 9.17) is 17.3 Å². The fourth-order valence-electron chi connectivity index (χ4n) is 4.47. The molecule has 1 amide bonds. The van der Waals surface area contributed by atoms with Gasteiger partial charge in [0.1, 0.15) is 5.49 Å². The molecular formula is C32H28N4O3S2. The van der Waals surface area contributed by atoms with Crippen LogP contribution in [0.2, 0.25) is 0 Å². The van der Waals surface area contributed by atoms with Crippen molar-refractivity contribution < 1.29 is 14.7 Å². The van der Waals surface area contributed by atoms with Crippen LogP contribution in [0.1, 0.15) is 32.6 Å². The molecule has 0 saturated heterocycles. The minimum Gasteiger partial charge on any atom is -0.478 e. The highest BCUT2D eigenvalue weighted by molar-refractivity contribution is 7.99. The normalized spacial score (nSPS) is 13.3. The molecule has 0 aliphatic carbocycles. The molecule has 0 unspecified atom stereocenters. The number of hydrogen-bond acceptors (Lipinski definition) is 6. The van der Waals surface area contributed by atoms with E-state index in [2.05, 4.69) is 10.5 Å². The standard InChI is InChI=1S/C32H28N4O3S2/c37-31-30(34-36(22-40)33-20-24-7-3-1-4-8-24)28-19-27(41-18-17-23-11-13-26(14-12-23)32(38)39)15-16-29(28)35(31)21-25-9-5-2-6-10-25/h1-16,19,22,33H,17-18,20-21H2,(H,38,39). The van der Waals surface area contributed by atoms with Gasteiger partial charge >= 0.3 is 5.97 Å². The molecular weight excluding hydrogens is 553 g/mol. The van der Waals surface area contributed by atoms with Gasteiger partial charge in [0.25, 0.3) is 5.91 Å². The Balaban J connectivity index is 1.36. The van der Waals surface area contributed by atoms with Gasteiger partial charge in [0.2, 0.25) is 0 Å². The molecule has 1 aliphatic rings. The summed E-state index contributed by atoms with van der Waals surface area (Å²) in [5.74, 6) is -0.322. The van der Waals surface area contributed by atoms with E-state index in [1.807, 2.05) is 91.0 Å². The van der Waals surface area contributed by atoms with Crippen molar-refractivity contribution in [3.8, 4) is 0 Å². The van der Waals surface area contributed by atoms with E-state index in [0.29, 0.717) is 18.8 Å². The molecule has 1 heterocycles. The maximum atomic E-state index is 13.7. The number of carboxylic acid groups (broad SMARTS) is 1. The van der Waals surface area contributed by atoms with Crippen LogP contribution in [-0.4, -0.2) is 39.1 Å². The Morgan fingerprint density at radius 3 is 2.27 bits per heavy atom. The van der Waals surface area contributed by atoms with Gasteiger partial charge in [0.05, 0.1) is 17.8 Å². The number of fused-ring (bicyclic) bond motifs is 1. The predicted octanol–water partition coefficient (Wildman–Crippen LogP) is 5.93. The van der Waals surface area contributed by atoms with Crippen molar-refractivity contribution in [2.75, 3.05) is 10.7 Å². The van der Waals surface area contributed by atoms with Crippen molar-refractivity contribution in [1.29, 1.82) is 0 Å². The predicted molar refractivity (Wildman–Crippen MR) is 167 cm³/mol. The molecule has 0 aromatic heterocycles. The SMILES string of the molecule is O=C(O)c1ccc(CCSc2ccc3c(c2)C(=NN(C=S)NCc2ccccc2)C(=O)N3Cc2ccccc2)cc1. The third-order valence-electron chi connectivity index (χ3n) is 6.60. The number of hydrogen-bond donors (Lipinski definition) is 2. The highest BCUT2D eigenvalue weighted by Gasteiger charge is 2.35. The largest absolute Gasteiger partial charge is 0.478 e. The number of hydrazone groups is 1. The Morgan fingerprint density at radius 1 is 0.927 bits per heavy atom. The lowest BCUT2D eigenvalue weighted by atomic mass is 10.1. The van der Waals surface area contributed by atoms with Crippen LogP contribution in [-0.2, 0) is 24.3 Å². The van der Waals surface area contributed by atoms with Crippen molar-refractivity contribution >= 4 is 52.7 Å². The number of nitrogens with one attached hydrogen (secondary N) is 1. The summed E-state index contributed by atoms with van der Waals surface area (Å²) >= 11 is 6.89. The van der Waals surface area contributed by atoms with Crippen LogP contribution in [0.5, 0.6) is 0 Å². The number of thioether (sulfide) groups is 1. The highest BCUT2D eigenvalue weighted by atomic mass is 32.2. The number of carboxylic acids is 1. The number of carbonyl (C=O) groups is 2. The first-order valence-corrected chi connectivity index (χ1v) is 14.5. The maximum Gasteiger partial charge on any atom is 0.335 e. The van der Waals surface area contributed by atoms with Crippen LogP contribution in [0.4, 0.5) is 5.69 Å². The van der Waals surface area contributed by atoms with Crippen LogP contribution >= 0.6 is 24.0 Å². The molecule has 9 heteroatoms. The summed E-state index contributed by atoms with van der Waals surface area (Å²) in [4.78, 5) is 27.6. The van der Waals surface area contributed by atoms with Crippen LogP contribution in [0.15, 0.2) is 113 Å². The quantitative estimate of drug-likeness (QED) is 0.122. The average Bonchev–Trinajstić information content (AvgIpc) is 3.25. The van der Waals surface area contributed by atoms with E-state index in [1.54, 1.807) is 28.8 Å². The van der Waals surface area contributed by atoms with E-state index >= 15 is 0 Å². The number of hydrazine groups is 1. The summed E-state index contributed by atoms with van der Waals surface area (Å²) in [6.45, 7) is 0.933. The molecule has 0 fully saturated rings. The average molecular weight is 581 g/mol. The second kappa shape index (κ2) is 13.4. The second-order valence-electron chi connectivity index (χ2n) is 9.38. The van der Waals surface area contributed by atoms with Gasteiger partial charge in [-0.05, 0) is 53.4 Å². The number of amides is 1. The molecule has 2 N–H and O–H groups in total. The van der Waals surface area contributed by atoms with E-state index in [0.717, 1.165) is 45.0 Å². The van der Waals surface area contributed by atoms with Crippen molar-refractivity contribution in [3.63, 3.8) is 0 Å². The molecule has 4 aromatic carbocycles. The molecule has 0 atom stereocenters. The molecule has 1 aliphatic heterocycles. The Kier molecular flexibility index (Phi) is 9.20. The summed E-state index contributed by atoms with van der Waals surface area (Å²) in [6, 6.07) is 32.7. The molecule has 4 aromatic rings. The van der Waals surface area contributed by atoms with Crippen LogP contribution in [0.25, 0.3) is 0 Å². The van der Waals surface area contributed by atoms with Gasteiger partial charge in [0.15, 0.2) is 5.71 Å². The molecule has 0 spiro atoms. The molecule has 41 heavy (non-hydrogen) atoms. The fourth-order valence-corrected chi connectivity index (χ4v) is 5.54. The molecule has 0 bridgehead atoms. The molecule has 206 valence electrons. The highest BCUT2D eigenvalue weighted by Crippen LogP contribution is 2.34. The summed E-state index contributed by atoms with van der Waals surface area (Å²) in [5, 5.41) is 15.2. The third-order valence-corrected chi connectivity index (χ3v) is 7.80. The molecule has 0 saturated carbocycles. The van der Waals surface area contributed by atoms with Gasteiger partial charge in [-0.15, -0.1) is 11.8 Å². The van der Waals surface area contributed by atoms with Crippen LogP contribution in [0.3, 0.4) is 0 Å². The van der Waals surface area contributed by atoms with Gasteiger partial charge in [-0.2, -0.15) is 10.2 Å². The van der Waals surface area contributed by atoms with E-state index in [9.17, 15) is 9.59 Å². The Bertz CT molecular complexity index is 1560. The van der Waals surface area contributed by atoms with E-state index < -0.39 is 5.97 Å². The van der Waals surface area contributed by atoms with Crippen LogP contribution in [0, 0.1) is 0 Å². The zero-order chi connectivity index (χ0) is 28.6. The Hall–Kier alpha value is -4.31. The zero-order valence-corrected chi connectivity index (χ0v) is 23.8. The lowest BCUT2D eigenvalue weighted by Crippen LogP contribution is -2.35. The van der Waals surface area contributed by atoms with Gasteiger partial charge in [0, 0.05) is 22.8 Å². The number of carbonyl (C=O) groups excluding carboxylic acids is 1. The zero-order valence-electron chi connectivity index (χ0n) is 22.1. The number of aryl methyl sites for hydroxylation is 1. The number of anilines is 1. The topological polar surface area (TPSA) is 85.2 Å². The number of nitrogens with zero attached hydrogens (tertiary/aromatic N) is 3. The number of thiocarbonyl (C=S) groups is 1.